The molecule has 126 valence electrons. The molecule has 0 aliphatic carbocycles. The fourth-order valence-corrected chi connectivity index (χ4v) is 3.60. The molecule has 0 unspecified atom stereocenters. The molecular formula is C13H19ClF2N2O3S. The molecule has 5 nitrogen and oxygen atoms in total. The van der Waals surface area contributed by atoms with E-state index in [-0.39, 0.29) is 29.1 Å². The van der Waals surface area contributed by atoms with Crippen LogP contribution in [-0.2, 0) is 10.0 Å². The Kier molecular flexibility index (Phi) is 6.98. The molecule has 0 spiro atoms. The van der Waals surface area contributed by atoms with Gasteiger partial charge in [0, 0.05) is 19.1 Å². The lowest BCUT2D eigenvalue weighted by molar-refractivity contribution is 0.0819. The maximum Gasteiger partial charge on any atom is 0.272 e. The number of rotatable bonds is 5. The van der Waals surface area contributed by atoms with E-state index in [0.29, 0.717) is 25.9 Å². The zero-order chi connectivity index (χ0) is 15.5. The van der Waals surface area contributed by atoms with Gasteiger partial charge in [-0.3, -0.25) is 0 Å². The lowest BCUT2D eigenvalue weighted by Crippen LogP contribution is -2.42. The second kappa shape index (κ2) is 8.05. The summed E-state index contributed by atoms with van der Waals surface area (Å²) in [7, 11) is -3.56. The topological polar surface area (TPSA) is 72.6 Å². The number of nitrogens with zero attached hydrogens (tertiary/aromatic N) is 1. The molecule has 22 heavy (non-hydrogen) atoms. The largest absolute Gasteiger partial charge is 0.488 e. The van der Waals surface area contributed by atoms with E-state index in [1.54, 1.807) is 0 Å². The third-order valence-corrected chi connectivity index (χ3v) is 5.25. The summed E-state index contributed by atoms with van der Waals surface area (Å²) in [6.45, 7) is 0.0797. The highest BCUT2D eigenvalue weighted by Crippen LogP contribution is 2.22. The van der Waals surface area contributed by atoms with Crippen LogP contribution in [0.3, 0.4) is 0 Å². The van der Waals surface area contributed by atoms with Crippen LogP contribution in [0.4, 0.5) is 8.78 Å². The van der Waals surface area contributed by atoms with Gasteiger partial charge in [0.2, 0.25) is 10.0 Å². The quantitative estimate of drug-likeness (QED) is 0.874. The van der Waals surface area contributed by atoms with Gasteiger partial charge in [0.05, 0.1) is 4.90 Å². The summed E-state index contributed by atoms with van der Waals surface area (Å²) in [5, 5.41) is 0. The van der Waals surface area contributed by atoms with Crippen molar-refractivity contribution >= 4 is 22.4 Å². The highest BCUT2D eigenvalue weighted by Gasteiger charge is 2.28. The Bertz CT molecular complexity index is 561. The van der Waals surface area contributed by atoms with Crippen molar-refractivity contribution in [3.63, 3.8) is 0 Å². The molecule has 1 aromatic carbocycles. The average molecular weight is 357 g/mol. The van der Waals surface area contributed by atoms with Crippen molar-refractivity contribution in [2.24, 2.45) is 5.73 Å². The first-order valence-corrected chi connectivity index (χ1v) is 8.10. The van der Waals surface area contributed by atoms with E-state index in [0.717, 1.165) is 0 Å². The summed E-state index contributed by atoms with van der Waals surface area (Å²) in [6.07, 6.45) is -1.30. The van der Waals surface area contributed by atoms with E-state index in [1.165, 1.54) is 28.6 Å². The van der Waals surface area contributed by atoms with Gasteiger partial charge in [-0.25, -0.2) is 17.2 Å². The van der Waals surface area contributed by atoms with Crippen molar-refractivity contribution in [1.82, 2.24) is 4.31 Å². The van der Waals surface area contributed by atoms with Crippen LogP contribution in [0.5, 0.6) is 5.75 Å². The molecule has 1 aliphatic heterocycles. The van der Waals surface area contributed by atoms with E-state index in [9.17, 15) is 17.2 Å². The molecule has 1 saturated heterocycles. The van der Waals surface area contributed by atoms with Crippen LogP contribution in [0.25, 0.3) is 0 Å². The Morgan fingerprint density at radius 3 is 2.27 bits per heavy atom. The van der Waals surface area contributed by atoms with Gasteiger partial charge >= 0.3 is 0 Å². The molecule has 0 bridgehead atoms. The second-order valence-electron chi connectivity index (χ2n) is 4.92. The number of hydrogen-bond donors (Lipinski definition) is 1. The minimum Gasteiger partial charge on any atom is -0.488 e. The normalized spacial score (nSPS) is 17.3. The predicted octanol–water partition coefficient (Wildman–Crippen LogP) is 1.86. The molecule has 0 radical (unpaired) electrons. The second-order valence-corrected chi connectivity index (χ2v) is 6.85. The van der Waals surface area contributed by atoms with Gasteiger partial charge in [-0.05, 0) is 37.1 Å². The van der Waals surface area contributed by atoms with Crippen LogP contribution < -0.4 is 10.5 Å². The first-order valence-electron chi connectivity index (χ1n) is 6.66. The van der Waals surface area contributed by atoms with Crippen LogP contribution in [0, 0.1) is 0 Å². The van der Waals surface area contributed by atoms with Gasteiger partial charge in [-0.2, -0.15) is 4.31 Å². The minimum atomic E-state index is -3.56. The number of alkyl halides is 2. The molecular weight excluding hydrogens is 338 g/mol. The fourth-order valence-electron chi connectivity index (χ4n) is 2.13. The Balaban J connectivity index is 0.00000242. The molecule has 0 saturated carbocycles. The van der Waals surface area contributed by atoms with Crippen LogP contribution in [0.2, 0.25) is 0 Å². The summed E-state index contributed by atoms with van der Waals surface area (Å²) in [5.74, 6) is 0.218. The Morgan fingerprint density at radius 1 is 1.23 bits per heavy atom. The average Bonchev–Trinajstić information content (AvgIpc) is 2.46. The van der Waals surface area contributed by atoms with Crippen LogP contribution in [0.1, 0.15) is 12.8 Å². The first kappa shape index (κ1) is 19.1. The van der Waals surface area contributed by atoms with Gasteiger partial charge < -0.3 is 10.5 Å². The molecule has 1 heterocycles. The van der Waals surface area contributed by atoms with E-state index in [2.05, 4.69) is 0 Å². The SMILES string of the molecule is Cl.NC1CCN(S(=O)(=O)c2ccc(OCC(F)F)cc2)CC1. The summed E-state index contributed by atoms with van der Waals surface area (Å²) in [5.41, 5.74) is 5.76. The summed E-state index contributed by atoms with van der Waals surface area (Å²) >= 11 is 0. The molecule has 0 amide bonds. The number of ether oxygens (including phenoxy) is 1. The van der Waals surface area contributed by atoms with Gasteiger partial charge in [0.15, 0.2) is 0 Å². The number of benzene rings is 1. The molecule has 2 N–H and O–H groups in total. The minimum absolute atomic E-state index is 0. The molecule has 1 aliphatic rings. The molecule has 0 atom stereocenters. The van der Waals surface area contributed by atoms with E-state index in [1.807, 2.05) is 0 Å². The van der Waals surface area contributed by atoms with Crippen molar-refractivity contribution in [3.8, 4) is 5.75 Å². The fraction of sp³-hybridized carbons (Fsp3) is 0.538. The highest BCUT2D eigenvalue weighted by molar-refractivity contribution is 7.89. The number of nitrogens with two attached hydrogens (primary N) is 1. The molecule has 9 heteroatoms. The maximum atomic E-state index is 12.4. The number of halogens is 3. The number of hydrogen-bond acceptors (Lipinski definition) is 4. The van der Waals surface area contributed by atoms with Gasteiger partial charge in [0.25, 0.3) is 6.43 Å². The van der Waals surface area contributed by atoms with Crippen LogP contribution in [-0.4, -0.2) is 44.9 Å². The van der Waals surface area contributed by atoms with Crippen LogP contribution in [0.15, 0.2) is 29.2 Å². The Hall–Kier alpha value is -0.960. The zero-order valence-corrected chi connectivity index (χ0v) is 13.5. The maximum absolute atomic E-state index is 12.4. The summed E-state index contributed by atoms with van der Waals surface area (Å²) in [4.78, 5) is 0.127. The van der Waals surface area contributed by atoms with Crippen molar-refractivity contribution in [3.05, 3.63) is 24.3 Å². The predicted molar refractivity (Wildman–Crippen MR) is 81.2 cm³/mol. The molecule has 1 aromatic rings. The van der Waals surface area contributed by atoms with E-state index >= 15 is 0 Å². The standard InChI is InChI=1S/C13H18F2N2O3S.ClH/c14-13(15)9-20-11-1-3-12(4-2-11)21(18,19)17-7-5-10(16)6-8-17;/h1-4,10,13H,5-9,16H2;1H. The lowest BCUT2D eigenvalue weighted by Gasteiger charge is -2.29. The highest BCUT2D eigenvalue weighted by atomic mass is 35.5. The smallest absolute Gasteiger partial charge is 0.272 e. The Labute approximate surface area is 134 Å². The van der Waals surface area contributed by atoms with Crippen molar-refractivity contribution in [2.45, 2.75) is 30.2 Å². The summed E-state index contributed by atoms with van der Waals surface area (Å²) < 4.78 is 55.1. The first-order chi connectivity index (χ1) is 9.89. The number of piperidine rings is 1. The van der Waals surface area contributed by atoms with Crippen molar-refractivity contribution in [1.29, 1.82) is 0 Å². The van der Waals surface area contributed by atoms with Crippen LogP contribution >= 0.6 is 12.4 Å². The van der Waals surface area contributed by atoms with Gasteiger partial charge in [0.1, 0.15) is 12.4 Å². The van der Waals surface area contributed by atoms with Crippen molar-refractivity contribution in [2.75, 3.05) is 19.7 Å². The molecule has 1 fully saturated rings. The lowest BCUT2D eigenvalue weighted by atomic mass is 10.1. The Morgan fingerprint density at radius 2 is 1.77 bits per heavy atom. The monoisotopic (exact) mass is 356 g/mol. The number of sulfonamides is 1. The third-order valence-electron chi connectivity index (χ3n) is 3.34. The van der Waals surface area contributed by atoms with E-state index in [4.69, 9.17) is 10.5 Å². The third kappa shape index (κ3) is 4.77. The van der Waals surface area contributed by atoms with E-state index < -0.39 is 23.1 Å². The van der Waals surface area contributed by atoms with Gasteiger partial charge in [-0.15, -0.1) is 12.4 Å². The zero-order valence-electron chi connectivity index (χ0n) is 11.8. The molecule has 0 aromatic heterocycles. The molecule has 2 rings (SSSR count). The van der Waals surface area contributed by atoms with Crippen molar-refractivity contribution < 1.29 is 21.9 Å². The van der Waals surface area contributed by atoms with Gasteiger partial charge in [-0.1, -0.05) is 0 Å². The summed E-state index contributed by atoms with van der Waals surface area (Å²) in [6, 6.07) is 5.53.